The van der Waals surface area contributed by atoms with E-state index in [1.165, 1.54) is 4.90 Å². The van der Waals surface area contributed by atoms with Gasteiger partial charge in [-0.05, 0) is 32.3 Å². The number of nitrogens with zero attached hydrogens (tertiary/aromatic N) is 1. The van der Waals surface area contributed by atoms with Gasteiger partial charge in [-0.15, -0.1) is 0 Å². The van der Waals surface area contributed by atoms with E-state index in [1.807, 2.05) is 6.07 Å². The van der Waals surface area contributed by atoms with Crippen molar-refractivity contribution in [3.05, 3.63) is 34.5 Å². The molecule has 2 heterocycles. The molecular formula is C16H16ClNO4. The van der Waals surface area contributed by atoms with Gasteiger partial charge in [0.15, 0.2) is 11.3 Å². The van der Waals surface area contributed by atoms with Gasteiger partial charge < -0.3 is 14.4 Å². The minimum absolute atomic E-state index is 0.177. The van der Waals surface area contributed by atoms with Gasteiger partial charge in [0.05, 0.1) is 5.02 Å². The monoisotopic (exact) mass is 321 g/mol. The summed E-state index contributed by atoms with van der Waals surface area (Å²) in [7, 11) is 0. The first-order chi connectivity index (χ1) is 10.5. The number of carbonyl (C=O) groups is 2. The average molecular weight is 322 g/mol. The third-order valence-electron chi connectivity index (χ3n) is 4.16. The van der Waals surface area contributed by atoms with Crippen molar-refractivity contribution in [2.45, 2.75) is 32.2 Å². The fraction of sp³-hybridized carbons (Fsp3) is 0.375. The topological polar surface area (TPSA) is 70.8 Å². The highest BCUT2D eigenvalue weighted by atomic mass is 35.5. The molecule has 116 valence electrons. The van der Waals surface area contributed by atoms with E-state index >= 15 is 0 Å². The number of carbonyl (C=O) groups excluding carboxylic acids is 1. The van der Waals surface area contributed by atoms with E-state index < -0.39 is 12.0 Å². The summed E-state index contributed by atoms with van der Waals surface area (Å²) in [6.07, 6.45) is 2.09. The third kappa shape index (κ3) is 2.35. The Morgan fingerprint density at radius 2 is 2.14 bits per heavy atom. The summed E-state index contributed by atoms with van der Waals surface area (Å²) in [5.41, 5.74) is 1.16. The summed E-state index contributed by atoms with van der Waals surface area (Å²) in [5, 5.41) is 10.5. The van der Waals surface area contributed by atoms with Crippen molar-refractivity contribution >= 4 is 34.4 Å². The number of benzene rings is 1. The second-order valence-corrected chi connectivity index (χ2v) is 5.93. The largest absolute Gasteiger partial charge is 0.480 e. The summed E-state index contributed by atoms with van der Waals surface area (Å²) in [4.78, 5) is 25.5. The predicted octanol–water partition coefficient (Wildman–Crippen LogP) is 3.47. The highest BCUT2D eigenvalue weighted by molar-refractivity contribution is 6.35. The highest BCUT2D eigenvalue weighted by Gasteiger charge is 2.35. The lowest BCUT2D eigenvalue weighted by Gasteiger charge is -2.32. The van der Waals surface area contributed by atoms with Crippen LogP contribution in [0.5, 0.6) is 0 Å². The zero-order valence-corrected chi connectivity index (χ0v) is 12.9. The van der Waals surface area contributed by atoms with Gasteiger partial charge in [-0.25, -0.2) is 4.79 Å². The molecule has 1 aliphatic rings. The first-order valence-corrected chi connectivity index (χ1v) is 7.60. The summed E-state index contributed by atoms with van der Waals surface area (Å²) in [6, 6.07) is 4.54. The number of fused-ring (bicyclic) bond motifs is 1. The Kier molecular flexibility index (Phi) is 3.83. The molecule has 1 saturated heterocycles. The number of aliphatic carboxylic acids is 1. The van der Waals surface area contributed by atoms with E-state index in [9.17, 15) is 14.7 Å². The lowest BCUT2D eigenvalue weighted by Crippen LogP contribution is -2.48. The summed E-state index contributed by atoms with van der Waals surface area (Å²) >= 11 is 6.10. The third-order valence-corrected chi connectivity index (χ3v) is 4.46. The zero-order valence-electron chi connectivity index (χ0n) is 12.1. The summed E-state index contributed by atoms with van der Waals surface area (Å²) < 4.78 is 5.66. The maximum Gasteiger partial charge on any atom is 0.326 e. The molecule has 1 aromatic carbocycles. The Morgan fingerprint density at radius 1 is 1.36 bits per heavy atom. The number of carboxylic acid groups (broad SMARTS) is 1. The van der Waals surface area contributed by atoms with Gasteiger partial charge in [0, 0.05) is 17.5 Å². The van der Waals surface area contributed by atoms with Gasteiger partial charge >= 0.3 is 5.97 Å². The molecular weight excluding hydrogens is 306 g/mol. The minimum Gasteiger partial charge on any atom is -0.480 e. The summed E-state index contributed by atoms with van der Waals surface area (Å²) in [5.74, 6) is -1.17. The number of amides is 1. The van der Waals surface area contributed by atoms with Crippen LogP contribution in [0.2, 0.25) is 5.02 Å². The van der Waals surface area contributed by atoms with Crippen molar-refractivity contribution in [3.63, 3.8) is 0 Å². The fourth-order valence-corrected chi connectivity index (χ4v) is 3.19. The second kappa shape index (κ2) is 5.65. The number of likely N-dealkylation sites (tertiary alicyclic amines) is 1. The number of rotatable bonds is 2. The first-order valence-electron chi connectivity index (χ1n) is 7.22. The lowest BCUT2D eigenvalue weighted by molar-refractivity contribution is -0.143. The summed E-state index contributed by atoms with van der Waals surface area (Å²) in [6.45, 7) is 2.22. The number of piperidine rings is 1. The SMILES string of the molecule is Cc1c(C(=O)N2CCCCC2C(=O)O)oc2c(Cl)cccc12. The van der Waals surface area contributed by atoms with Gasteiger partial charge in [-0.2, -0.15) is 0 Å². The standard InChI is InChI=1S/C16H16ClNO4/c1-9-10-5-4-6-11(17)14(10)22-13(9)15(19)18-8-3-2-7-12(18)16(20)21/h4-6,12H,2-3,7-8H2,1H3,(H,20,21). The quantitative estimate of drug-likeness (QED) is 0.919. The predicted molar refractivity (Wildman–Crippen MR) is 82.3 cm³/mol. The molecule has 0 spiro atoms. The van der Waals surface area contributed by atoms with E-state index in [4.69, 9.17) is 16.0 Å². The van der Waals surface area contributed by atoms with Crippen LogP contribution in [-0.2, 0) is 4.79 Å². The van der Waals surface area contributed by atoms with Crippen LogP contribution >= 0.6 is 11.6 Å². The van der Waals surface area contributed by atoms with Crippen molar-refractivity contribution in [2.75, 3.05) is 6.54 Å². The Balaban J connectivity index is 2.03. The van der Waals surface area contributed by atoms with Crippen molar-refractivity contribution < 1.29 is 19.1 Å². The Bertz CT molecular complexity index is 752. The first kappa shape index (κ1) is 14.9. The molecule has 6 heteroatoms. The molecule has 1 atom stereocenters. The van der Waals surface area contributed by atoms with Crippen molar-refractivity contribution in [1.29, 1.82) is 0 Å². The average Bonchev–Trinajstić information content (AvgIpc) is 2.85. The van der Waals surface area contributed by atoms with E-state index in [0.717, 1.165) is 18.2 Å². The number of hydrogen-bond donors (Lipinski definition) is 1. The number of furan rings is 1. The van der Waals surface area contributed by atoms with Gasteiger partial charge in [-0.1, -0.05) is 23.7 Å². The van der Waals surface area contributed by atoms with Gasteiger partial charge in [0.1, 0.15) is 6.04 Å². The molecule has 0 aliphatic carbocycles. The highest BCUT2D eigenvalue weighted by Crippen LogP contribution is 2.32. The Morgan fingerprint density at radius 3 is 2.82 bits per heavy atom. The Labute approximate surface area is 132 Å². The molecule has 22 heavy (non-hydrogen) atoms. The molecule has 1 unspecified atom stereocenters. The molecule has 0 saturated carbocycles. The van der Waals surface area contributed by atoms with Crippen LogP contribution in [0.25, 0.3) is 11.0 Å². The molecule has 0 bridgehead atoms. The molecule has 1 N–H and O–H groups in total. The fourth-order valence-electron chi connectivity index (χ4n) is 2.97. The molecule has 1 aromatic heterocycles. The van der Waals surface area contributed by atoms with Crippen molar-refractivity contribution in [2.24, 2.45) is 0 Å². The van der Waals surface area contributed by atoms with Crippen LogP contribution in [-0.4, -0.2) is 34.5 Å². The molecule has 1 aliphatic heterocycles. The van der Waals surface area contributed by atoms with Crippen LogP contribution < -0.4 is 0 Å². The van der Waals surface area contributed by atoms with E-state index in [0.29, 0.717) is 29.1 Å². The molecule has 1 amide bonds. The molecule has 0 radical (unpaired) electrons. The van der Waals surface area contributed by atoms with Crippen LogP contribution in [0.15, 0.2) is 22.6 Å². The lowest BCUT2D eigenvalue weighted by atomic mass is 10.0. The van der Waals surface area contributed by atoms with E-state index in [2.05, 4.69) is 0 Å². The smallest absolute Gasteiger partial charge is 0.326 e. The molecule has 3 rings (SSSR count). The zero-order chi connectivity index (χ0) is 15.9. The molecule has 1 fully saturated rings. The normalized spacial score (nSPS) is 18.6. The van der Waals surface area contributed by atoms with Gasteiger partial charge in [-0.3, -0.25) is 4.79 Å². The maximum absolute atomic E-state index is 12.7. The second-order valence-electron chi connectivity index (χ2n) is 5.52. The van der Waals surface area contributed by atoms with Crippen molar-refractivity contribution in [1.82, 2.24) is 4.90 Å². The Hall–Kier alpha value is -2.01. The number of hydrogen-bond acceptors (Lipinski definition) is 3. The number of aryl methyl sites for hydroxylation is 1. The van der Waals surface area contributed by atoms with E-state index in [-0.39, 0.29) is 11.7 Å². The number of carboxylic acids is 1. The van der Waals surface area contributed by atoms with Crippen LogP contribution in [0.3, 0.4) is 0 Å². The van der Waals surface area contributed by atoms with Gasteiger partial charge in [0.2, 0.25) is 0 Å². The van der Waals surface area contributed by atoms with E-state index in [1.54, 1.807) is 19.1 Å². The minimum atomic E-state index is -0.972. The number of halogens is 1. The van der Waals surface area contributed by atoms with Crippen LogP contribution in [0.4, 0.5) is 0 Å². The van der Waals surface area contributed by atoms with Gasteiger partial charge in [0.25, 0.3) is 5.91 Å². The van der Waals surface area contributed by atoms with Crippen LogP contribution in [0, 0.1) is 6.92 Å². The molecule has 5 nitrogen and oxygen atoms in total. The molecule has 2 aromatic rings. The van der Waals surface area contributed by atoms with Crippen molar-refractivity contribution in [3.8, 4) is 0 Å². The van der Waals surface area contributed by atoms with Crippen LogP contribution in [0.1, 0.15) is 35.4 Å². The maximum atomic E-state index is 12.7. The number of para-hydroxylation sites is 1.